The number of hydrogen-bond donors (Lipinski definition) is 3. The highest BCUT2D eigenvalue weighted by Gasteiger charge is 2.31. The number of alkyl halides is 3. The van der Waals surface area contributed by atoms with Gasteiger partial charge in [-0.3, -0.25) is 14.5 Å². The maximum absolute atomic E-state index is 15.0. The van der Waals surface area contributed by atoms with E-state index in [-0.39, 0.29) is 30.6 Å². The summed E-state index contributed by atoms with van der Waals surface area (Å²) in [6, 6.07) is 6.98. The van der Waals surface area contributed by atoms with E-state index in [4.69, 9.17) is 17.3 Å². The van der Waals surface area contributed by atoms with Crippen molar-refractivity contribution in [3.63, 3.8) is 0 Å². The molecule has 2 aromatic carbocycles. The molecule has 4 rings (SSSR count). The summed E-state index contributed by atoms with van der Waals surface area (Å²) in [7, 11) is 0. The summed E-state index contributed by atoms with van der Waals surface area (Å²) < 4.78 is 67.8. The maximum Gasteiger partial charge on any atom is 0.390 e. The van der Waals surface area contributed by atoms with E-state index in [2.05, 4.69) is 10.6 Å². The van der Waals surface area contributed by atoms with Crippen molar-refractivity contribution in [2.24, 2.45) is 11.7 Å². The molecule has 1 aliphatic carbocycles. The minimum atomic E-state index is -4.23. The summed E-state index contributed by atoms with van der Waals surface area (Å²) in [5.74, 6) is -4.13. The predicted octanol–water partition coefficient (Wildman–Crippen LogP) is 5.08. The third kappa shape index (κ3) is 8.08. The fourth-order valence-corrected chi connectivity index (χ4v) is 5.58. The van der Waals surface area contributed by atoms with Crippen molar-refractivity contribution < 1.29 is 31.5 Å². The number of amides is 2. The minimum absolute atomic E-state index is 0.0171. The van der Waals surface area contributed by atoms with Gasteiger partial charge in [-0.05, 0) is 37.1 Å². The van der Waals surface area contributed by atoms with E-state index in [1.165, 1.54) is 24.3 Å². The molecule has 2 fully saturated rings. The van der Waals surface area contributed by atoms with Gasteiger partial charge in [-0.2, -0.15) is 13.2 Å². The lowest BCUT2D eigenvalue weighted by Gasteiger charge is -2.37. The molecule has 2 atom stereocenters. The van der Waals surface area contributed by atoms with Gasteiger partial charge in [-0.15, -0.1) is 0 Å². The number of piperazine rings is 1. The number of primary amides is 1. The summed E-state index contributed by atoms with van der Waals surface area (Å²) in [5.41, 5.74) is 5.85. The highest BCUT2D eigenvalue weighted by Crippen LogP contribution is 2.32. The van der Waals surface area contributed by atoms with Gasteiger partial charge in [0.25, 0.3) is 5.91 Å². The fraction of sp³-hybridized carbons (Fsp3) is 0.500. The number of rotatable bonds is 9. The molecule has 41 heavy (non-hydrogen) atoms. The van der Waals surface area contributed by atoms with Crippen molar-refractivity contribution in [2.45, 2.75) is 50.9 Å². The molecule has 0 bridgehead atoms. The average Bonchev–Trinajstić information content (AvgIpc) is 2.93. The summed E-state index contributed by atoms with van der Waals surface area (Å²) in [6.07, 6.45) is -2.00. The van der Waals surface area contributed by atoms with E-state index < -0.39 is 41.6 Å². The SMILES string of the molecule is NC(=O)[C@@H]1CCCC[C@@H]1NCc1ccc(C(=O)Nc2ccc(Cl)cc2N2CCN(CCC(F)(F)F)CC2)c(F)c1F. The average molecular weight is 602 g/mol. The zero-order valence-electron chi connectivity index (χ0n) is 22.4. The number of carbonyl (C=O) groups is 2. The first-order valence-electron chi connectivity index (χ1n) is 13.6. The lowest BCUT2D eigenvalue weighted by atomic mass is 9.84. The van der Waals surface area contributed by atoms with Crippen molar-refractivity contribution in [3.05, 3.63) is 58.1 Å². The normalized spacial score (nSPS) is 20.2. The van der Waals surface area contributed by atoms with E-state index in [1.807, 2.05) is 4.90 Å². The summed E-state index contributed by atoms with van der Waals surface area (Å²) >= 11 is 6.18. The second-order valence-corrected chi connectivity index (χ2v) is 10.9. The second kappa shape index (κ2) is 13.3. The smallest absolute Gasteiger partial charge is 0.369 e. The van der Waals surface area contributed by atoms with Crippen LogP contribution in [-0.4, -0.2) is 61.7 Å². The van der Waals surface area contributed by atoms with Gasteiger partial charge in [0.15, 0.2) is 11.6 Å². The summed E-state index contributed by atoms with van der Waals surface area (Å²) in [5, 5.41) is 6.11. The Balaban J connectivity index is 1.42. The first-order chi connectivity index (χ1) is 19.4. The number of halogens is 6. The molecule has 1 aliphatic heterocycles. The van der Waals surface area contributed by atoms with Crippen LogP contribution in [-0.2, 0) is 11.3 Å². The number of hydrogen-bond acceptors (Lipinski definition) is 5. The van der Waals surface area contributed by atoms with Crippen LogP contribution in [0.4, 0.5) is 33.3 Å². The minimum Gasteiger partial charge on any atom is -0.369 e. The Labute approximate surface area is 240 Å². The molecule has 0 spiro atoms. The van der Waals surface area contributed by atoms with Crippen LogP contribution in [0.15, 0.2) is 30.3 Å². The largest absolute Gasteiger partial charge is 0.390 e. The van der Waals surface area contributed by atoms with Crippen LogP contribution in [0.5, 0.6) is 0 Å². The highest BCUT2D eigenvalue weighted by molar-refractivity contribution is 6.31. The zero-order chi connectivity index (χ0) is 29.7. The molecule has 7 nitrogen and oxygen atoms in total. The van der Waals surface area contributed by atoms with Gasteiger partial charge in [0.05, 0.1) is 29.3 Å². The molecule has 2 aliphatic rings. The topological polar surface area (TPSA) is 90.7 Å². The standard InChI is InChI=1S/C28H33ClF5N5O2/c29-18-6-8-22(23(15-18)39-13-11-38(12-14-39)10-9-28(32,33)34)37-27(41)20-7-5-17(24(30)25(20)31)16-36-21-4-2-1-3-19(21)26(35)40/h5-8,15,19,21,36H,1-4,9-14,16H2,(H2,35,40)(H,37,41)/t19-,21+/m1/s1. The van der Waals surface area contributed by atoms with Crippen molar-refractivity contribution in [2.75, 3.05) is 42.9 Å². The van der Waals surface area contributed by atoms with Crippen molar-refractivity contribution in [1.82, 2.24) is 10.2 Å². The van der Waals surface area contributed by atoms with Gasteiger partial charge < -0.3 is 21.3 Å². The predicted molar refractivity (Wildman–Crippen MR) is 147 cm³/mol. The third-order valence-electron chi connectivity index (χ3n) is 7.73. The lowest BCUT2D eigenvalue weighted by molar-refractivity contribution is -0.138. The summed E-state index contributed by atoms with van der Waals surface area (Å²) in [4.78, 5) is 28.3. The Morgan fingerprint density at radius 2 is 1.71 bits per heavy atom. The van der Waals surface area contributed by atoms with Crippen LogP contribution < -0.4 is 21.3 Å². The molecule has 4 N–H and O–H groups in total. The van der Waals surface area contributed by atoms with E-state index in [1.54, 1.807) is 11.0 Å². The van der Waals surface area contributed by atoms with Crippen LogP contribution in [0, 0.1) is 17.6 Å². The van der Waals surface area contributed by atoms with E-state index in [0.29, 0.717) is 55.4 Å². The van der Waals surface area contributed by atoms with Crippen LogP contribution in [0.3, 0.4) is 0 Å². The number of nitrogens with two attached hydrogens (primary N) is 1. The Kier molecular flexibility index (Phi) is 10.1. The van der Waals surface area contributed by atoms with Gasteiger partial charge in [-0.1, -0.05) is 30.5 Å². The fourth-order valence-electron chi connectivity index (χ4n) is 5.42. The molecule has 0 unspecified atom stereocenters. The zero-order valence-corrected chi connectivity index (χ0v) is 23.1. The second-order valence-electron chi connectivity index (χ2n) is 10.5. The molecule has 0 aromatic heterocycles. The Bertz CT molecular complexity index is 1250. The Morgan fingerprint density at radius 3 is 2.39 bits per heavy atom. The van der Waals surface area contributed by atoms with E-state index >= 15 is 4.39 Å². The lowest BCUT2D eigenvalue weighted by Crippen LogP contribution is -2.47. The molecule has 2 aromatic rings. The first kappa shape index (κ1) is 31.0. The number of nitrogens with one attached hydrogen (secondary N) is 2. The highest BCUT2D eigenvalue weighted by atomic mass is 35.5. The quantitative estimate of drug-likeness (QED) is 0.349. The molecule has 0 radical (unpaired) electrons. The van der Waals surface area contributed by atoms with Crippen LogP contribution >= 0.6 is 11.6 Å². The van der Waals surface area contributed by atoms with Gasteiger partial charge in [0.1, 0.15) is 0 Å². The molecule has 1 saturated heterocycles. The Morgan fingerprint density at radius 1 is 1.00 bits per heavy atom. The Hall–Kier alpha value is -2.96. The van der Waals surface area contributed by atoms with Crippen LogP contribution in [0.2, 0.25) is 5.02 Å². The van der Waals surface area contributed by atoms with E-state index in [0.717, 1.165) is 12.8 Å². The molecule has 1 heterocycles. The van der Waals surface area contributed by atoms with Gasteiger partial charge in [0, 0.05) is 55.9 Å². The van der Waals surface area contributed by atoms with Gasteiger partial charge in [0.2, 0.25) is 5.91 Å². The molecule has 13 heteroatoms. The molecule has 2 amide bonds. The number of carbonyl (C=O) groups excluding carboxylic acids is 2. The van der Waals surface area contributed by atoms with Crippen LogP contribution in [0.1, 0.15) is 48.0 Å². The molecular formula is C28H33ClF5N5O2. The summed E-state index contributed by atoms with van der Waals surface area (Å²) in [6.45, 7) is 1.42. The number of anilines is 2. The third-order valence-corrected chi connectivity index (χ3v) is 7.96. The van der Waals surface area contributed by atoms with Crippen molar-refractivity contribution in [1.29, 1.82) is 0 Å². The monoisotopic (exact) mass is 601 g/mol. The van der Waals surface area contributed by atoms with Gasteiger partial charge in [-0.25, -0.2) is 8.78 Å². The van der Waals surface area contributed by atoms with E-state index in [9.17, 15) is 27.2 Å². The van der Waals surface area contributed by atoms with Crippen LogP contribution in [0.25, 0.3) is 0 Å². The molecular weight excluding hydrogens is 569 g/mol. The molecule has 1 saturated carbocycles. The van der Waals surface area contributed by atoms with Gasteiger partial charge >= 0.3 is 6.18 Å². The van der Waals surface area contributed by atoms with Crippen molar-refractivity contribution in [3.8, 4) is 0 Å². The number of benzene rings is 2. The molecule has 224 valence electrons. The van der Waals surface area contributed by atoms with Crippen molar-refractivity contribution >= 4 is 34.8 Å². The maximum atomic E-state index is 15.0. The first-order valence-corrected chi connectivity index (χ1v) is 14.0. The number of nitrogens with zero attached hydrogens (tertiary/aromatic N) is 2.